The first-order valence-corrected chi connectivity index (χ1v) is 10.9. The Morgan fingerprint density at radius 1 is 1.14 bits per heavy atom. The second-order valence-electron chi connectivity index (χ2n) is 7.72. The highest BCUT2D eigenvalue weighted by molar-refractivity contribution is 7.17. The molecule has 1 saturated carbocycles. The van der Waals surface area contributed by atoms with E-state index in [2.05, 4.69) is 4.98 Å². The number of benzene rings is 1. The van der Waals surface area contributed by atoms with Crippen LogP contribution in [0.15, 0.2) is 30.3 Å². The fourth-order valence-electron chi connectivity index (χ4n) is 4.50. The van der Waals surface area contributed by atoms with Gasteiger partial charge in [0.1, 0.15) is 9.88 Å². The average molecular weight is 399 g/mol. The van der Waals surface area contributed by atoms with E-state index < -0.39 is 5.97 Å². The van der Waals surface area contributed by atoms with Gasteiger partial charge in [0, 0.05) is 18.2 Å². The van der Waals surface area contributed by atoms with Gasteiger partial charge < -0.3 is 9.64 Å². The highest BCUT2D eigenvalue weighted by Gasteiger charge is 2.36. The van der Waals surface area contributed by atoms with E-state index in [1.807, 2.05) is 35.2 Å². The number of carbonyl (C=O) groups is 2. The largest absolute Gasteiger partial charge is 0.451 e. The quantitative estimate of drug-likeness (QED) is 0.714. The summed E-state index contributed by atoms with van der Waals surface area (Å²) in [5, 5.41) is 0.789. The Morgan fingerprint density at radius 2 is 1.89 bits per heavy atom. The smallest absolute Gasteiger partial charge is 0.350 e. The molecule has 0 bridgehead atoms. The Hall–Kier alpha value is -2.21. The van der Waals surface area contributed by atoms with E-state index in [0.717, 1.165) is 30.0 Å². The molecule has 1 aliphatic heterocycles. The minimum Gasteiger partial charge on any atom is -0.451 e. The predicted molar refractivity (Wildman–Crippen MR) is 109 cm³/mol. The summed E-state index contributed by atoms with van der Waals surface area (Å²) in [6.45, 7) is 2.41. The second kappa shape index (κ2) is 8.43. The number of nitrogens with zero attached hydrogens (tertiary/aromatic N) is 2. The summed E-state index contributed by atoms with van der Waals surface area (Å²) in [6, 6.07) is 10.1. The van der Waals surface area contributed by atoms with Gasteiger partial charge in [0.25, 0.3) is 5.91 Å². The molecule has 6 heteroatoms. The first kappa shape index (κ1) is 19.1. The highest BCUT2D eigenvalue weighted by Crippen LogP contribution is 2.35. The third-order valence-corrected chi connectivity index (χ3v) is 7.08. The summed E-state index contributed by atoms with van der Waals surface area (Å²) in [5.41, 5.74) is 1.62. The van der Waals surface area contributed by atoms with Crippen molar-refractivity contribution < 1.29 is 14.3 Å². The number of hydrogen-bond donors (Lipinski definition) is 0. The Kier molecular flexibility index (Phi) is 5.76. The molecule has 0 unspecified atom stereocenters. The van der Waals surface area contributed by atoms with Gasteiger partial charge in [-0.3, -0.25) is 4.79 Å². The maximum atomic E-state index is 12.7. The topological polar surface area (TPSA) is 59.5 Å². The van der Waals surface area contributed by atoms with Crippen molar-refractivity contribution in [3.63, 3.8) is 0 Å². The van der Waals surface area contributed by atoms with Gasteiger partial charge in [-0.05, 0) is 38.5 Å². The fourth-order valence-corrected chi connectivity index (χ4v) is 5.47. The van der Waals surface area contributed by atoms with Crippen LogP contribution in [0.2, 0.25) is 0 Å². The number of rotatable bonds is 4. The molecule has 1 saturated heterocycles. The van der Waals surface area contributed by atoms with Gasteiger partial charge in [0.2, 0.25) is 0 Å². The van der Waals surface area contributed by atoms with Crippen molar-refractivity contribution in [1.82, 2.24) is 9.88 Å². The van der Waals surface area contributed by atoms with Crippen LogP contribution in [0.25, 0.3) is 10.6 Å². The van der Waals surface area contributed by atoms with Gasteiger partial charge in [-0.15, -0.1) is 11.3 Å². The van der Waals surface area contributed by atoms with Crippen molar-refractivity contribution in [3.8, 4) is 10.6 Å². The number of aromatic nitrogens is 1. The lowest BCUT2D eigenvalue weighted by Gasteiger charge is -2.44. The zero-order chi connectivity index (χ0) is 19.5. The Bertz CT molecular complexity index is 847. The van der Waals surface area contributed by atoms with Gasteiger partial charge in [0.05, 0.1) is 5.69 Å². The van der Waals surface area contributed by atoms with E-state index in [1.165, 1.54) is 37.0 Å². The molecule has 4 rings (SSSR count). The van der Waals surface area contributed by atoms with E-state index in [0.29, 0.717) is 22.5 Å². The van der Waals surface area contributed by atoms with E-state index in [9.17, 15) is 9.59 Å². The second-order valence-corrected chi connectivity index (χ2v) is 8.72. The molecule has 0 spiro atoms. The van der Waals surface area contributed by atoms with E-state index in [4.69, 9.17) is 4.74 Å². The summed E-state index contributed by atoms with van der Waals surface area (Å²) in [4.78, 5) is 32.2. The molecule has 0 radical (unpaired) electrons. The molecule has 2 aliphatic rings. The number of ether oxygens (including phenoxy) is 1. The van der Waals surface area contributed by atoms with Crippen molar-refractivity contribution in [1.29, 1.82) is 0 Å². The molecule has 2 fully saturated rings. The Balaban J connectivity index is 1.39. The van der Waals surface area contributed by atoms with Gasteiger partial charge in [-0.1, -0.05) is 43.2 Å². The zero-order valence-electron chi connectivity index (χ0n) is 16.2. The summed E-state index contributed by atoms with van der Waals surface area (Å²) in [5.74, 6) is 0.109. The number of esters is 1. The van der Waals surface area contributed by atoms with Gasteiger partial charge >= 0.3 is 5.97 Å². The highest BCUT2D eigenvalue weighted by atomic mass is 32.1. The lowest BCUT2D eigenvalue weighted by Crippen LogP contribution is -2.50. The van der Waals surface area contributed by atoms with Crippen LogP contribution >= 0.6 is 11.3 Å². The predicted octanol–water partition coefficient (Wildman–Crippen LogP) is 4.46. The number of fused-ring (bicyclic) bond motifs is 1. The number of aryl methyl sites for hydroxylation is 1. The van der Waals surface area contributed by atoms with Crippen molar-refractivity contribution in [3.05, 3.63) is 40.9 Å². The third-order valence-electron chi connectivity index (χ3n) is 5.89. The van der Waals surface area contributed by atoms with E-state index >= 15 is 0 Å². The molecular formula is C22H26N2O3S. The zero-order valence-corrected chi connectivity index (χ0v) is 17.0. The van der Waals surface area contributed by atoms with Crippen molar-refractivity contribution in [2.75, 3.05) is 13.2 Å². The van der Waals surface area contributed by atoms with Crippen molar-refractivity contribution in [2.45, 2.75) is 51.5 Å². The molecule has 2 aromatic rings. The van der Waals surface area contributed by atoms with Crippen molar-refractivity contribution >= 4 is 23.2 Å². The van der Waals surface area contributed by atoms with Crippen LogP contribution in [0, 0.1) is 12.8 Å². The fraction of sp³-hybridized carbons (Fsp3) is 0.500. The maximum absolute atomic E-state index is 12.7. The van der Waals surface area contributed by atoms with Crippen LogP contribution in [0.3, 0.4) is 0 Å². The Labute approximate surface area is 169 Å². The lowest BCUT2D eigenvalue weighted by atomic mass is 9.78. The average Bonchev–Trinajstić information content (AvgIpc) is 3.14. The standard InChI is InChI=1S/C22H26N2O3S/c1-15-20(28-21(23-15)17-9-3-2-4-10-17)22(26)27-14-19(25)24-13-7-11-16-8-5-6-12-18(16)24/h2-4,9-10,16,18H,5-8,11-14H2,1H3/t16-,18-/m1/s1. The first-order valence-electron chi connectivity index (χ1n) is 10.1. The van der Waals surface area contributed by atoms with Gasteiger partial charge in [0.15, 0.2) is 6.61 Å². The molecule has 1 aliphatic carbocycles. The summed E-state index contributed by atoms with van der Waals surface area (Å²) < 4.78 is 5.39. The summed E-state index contributed by atoms with van der Waals surface area (Å²) in [7, 11) is 0. The third kappa shape index (κ3) is 3.97. The van der Waals surface area contributed by atoms with E-state index in [1.54, 1.807) is 6.92 Å². The van der Waals surface area contributed by atoms with E-state index in [-0.39, 0.29) is 12.5 Å². The minimum atomic E-state index is -0.456. The molecule has 1 aromatic heterocycles. The lowest BCUT2D eigenvalue weighted by molar-refractivity contribution is -0.140. The number of likely N-dealkylation sites (tertiary alicyclic amines) is 1. The van der Waals surface area contributed by atoms with Crippen LogP contribution in [-0.2, 0) is 9.53 Å². The molecule has 2 heterocycles. The molecule has 2 atom stereocenters. The van der Waals surface area contributed by atoms with Gasteiger partial charge in [-0.25, -0.2) is 9.78 Å². The molecule has 5 nitrogen and oxygen atoms in total. The SMILES string of the molecule is Cc1nc(-c2ccccc2)sc1C(=O)OCC(=O)N1CCC[C@H]2CCCC[C@H]21. The van der Waals surface area contributed by atoms with Crippen LogP contribution in [0.1, 0.15) is 53.9 Å². The number of carbonyl (C=O) groups excluding carboxylic acids is 2. The Morgan fingerprint density at radius 3 is 2.71 bits per heavy atom. The van der Waals surface area contributed by atoms with Crippen LogP contribution in [-0.4, -0.2) is 41.0 Å². The first-order chi connectivity index (χ1) is 13.6. The molecule has 0 N–H and O–H groups in total. The summed E-state index contributed by atoms with van der Waals surface area (Å²) >= 11 is 1.32. The minimum absolute atomic E-state index is 0.0598. The van der Waals surface area contributed by atoms with Gasteiger partial charge in [-0.2, -0.15) is 0 Å². The molecule has 28 heavy (non-hydrogen) atoms. The van der Waals surface area contributed by atoms with Crippen molar-refractivity contribution in [2.24, 2.45) is 5.92 Å². The summed E-state index contributed by atoms with van der Waals surface area (Å²) in [6.07, 6.45) is 7.03. The molecule has 1 amide bonds. The monoisotopic (exact) mass is 398 g/mol. The normalized spacial score (nSPS) is 21.8. The van der Waals surface area contributed by atoms with Crippen LogP contribution < -0.4 is 0 Å². The van der Waals surface area contributed by atoms with Crippen LogP contribution in [0.4, 0.5) is 0 Å². The molecule has 148 valence electrons. The number of piperidine rings is 1. The maximum Gasteiger partial charge on any atom is 0.350 e. The number of hydrogen-bond acceptors (Lipinski definition) is 5. The number of amides is 1. The van der Waals surface area contributed by atoms with Crippen LogP contribution in [0.5, 0.6) is 0 Å². The molecular weight excluding hydrogens is 372 g/mol. The number of thiazole rings is 1. The molecule has 1 aromatic carbocycles.